The summed E-state index contributed by atoms with van der Waals surface area (Å²) in [6, 6.07) is 9.50. The highest BCUT2D eigenvalue weighted by molar-refractivity contribution is 5.96. The maximum Gasteiger partial charge on any atom is 0.253 e. The van der Waals surface area contributed by atoms with Gasteiger partial charge < -0.3 is 15.0 Å². The Bertz CT molecular complexity index is 881. The molecular formula is C21H23N3O3. The van der Waals surface area contributed by atoms with Gasteiger partial charge in [-0.05, 0) is 54.7 Å². The Balaban J connectivity index is 1.44. The normalized spacial score (nSPS) is 18.9. The molecule has 2 aliphatic heterocycles. The largest absolute Gasteiger partial charge is 0.372 e. The van der Waals surface area contributed by atoms with Gasteiger partial charge in [-0.25, -0.2) is 4.98 Å². The highest BCUT2D eigenvalue weighted by Gasteiger charge is 2.29. The Kier molecular flexibility index (Phi) is 4.90. The molecule has 0 radical (unpaired) electrons. The maximum absolute atomic E-state index is 12.9. The lowest BCUT2D eigenvalue weighted by Crippen LogP contribution is -2.43. The van der Waals surface area contributed by atoms with Crippen molar-refractivity contribution in [3.8, 4) is 0 Å². The smallest absolute Gasteiger partial charge is 0.253 e. The van der Waals surface area contributed by atoms with E-state index < -0.39 is 0 Å². The number of fused-ring (bicyclic) bond motifs is 1. The first-order valence-corrected chi connectivity index (χ1v) is 9.33. The fraction of sp³-hybridized carbons (Fsp3) is 0.381. The molecule has 1 saturated heterocycles. The third-order valence-electron chi connectivity index (χ3n) is 5.30. The van der Waals surface area contributed by atoms with Crippen molar-refractivity contribution in [2.75, 3.05) is 18.4 Å². The zero-order valence-electron chi connectivity index (χ0n) is 15.4. The third-order valence-corrected chi connectivity index (χ3v) is 5.30. The van der Waals surface area contributed by atoms with Crippen LogP contribution in [0.2, 0.25) is 0 Å². The number of ether oxygens (including phenoxy) is 1. The van der Waals surface area contributed by atoms with Crippen LogP contribution in [0.5, 0.6) is 0 Å². The number of hydrogen-bond acceptors (Lipinski definition) is 4. The molecule has 1 aromatic carbocycles. The lowest BCUT2D eigenvalue weighted by molar-refractivity contribution is -0.121. The van der Waals surface area contributed by atoms with Crippen LogP contribution < -0.4 is 5.32 Å². The van der Waals surface area contributed by atoms with Gasteiger partial charge in [-0.15, -0.1) is 0 Å². The molecule has 1 fully saturated rings. The molecule has 6 heteroatoms. The molecule has 140 valence electrons. The van der Waals surface area contributed by atoms with Crippen LogP contribution >= 0.6 is 0 Å². The molecule has 0 spiro atoms. The minimum atomic E-state index is -0.220. The number of likely N-dealkylation sites (tertiary alicyclic amines) is 1. The van der Waals surface area contributed by atoms with E-state index in [1.54, 1.807) is 11.1 Å². The zero-order valence-corrected chi connectivity index (χ0v) is 15.4. The minimum Gasteiger partial charge on any atom is -0.372 e. The molecule has 0 bridgehead atoms. The van der Waals surface area contributed by atoms with Crippen molar-refractivity contribution in [2.45, 2.75) is 33.0 Å². The second-order valence-electron chi connectivity index (χ2n) is 7.22. The summed E-state index contributed by atoms with van der Waals surface area (Å²) in [5, 5.41) is 2.91. The van der Waals surface area contributed by atoms with Crippen molar-refractivity contribution < 1.29 is 14.3 Å². The summed E-state index contributed by atoms with van der Waals surface area (Å²) >= 11 is 0. The number of pyridine rings is 1. The van der Waals surface area contributed by atoms with Crippen molar-refractivity contribution in [3.05, 3.63) is 58.8 Å². The Morgan fingerprint density at radius 2 is 2.07 bits per heavy atom. The maximum atomic E-state index is 12.9. The monoisotopic (exact) mass is 365 g/mol. The van der Waals surface area contributed by atoms with Gasteiger partial charge in [0.15, 0.2) is 0 Å². The number of aryl methyl sites for hydroxylation is 1. The first kappa shape index (κ1) is 17.7. The summed E-state index contributed by atoms with van der Waals surface area (Å²) in [4.78, 5) is 31.6. The number of carbonyl (C=O) groups excluding carboxylic acids is 2. The number of hydrogen-bond donors (Lipinski definition) is 1. The first-order chi connectivity index (χ1) is 13.1. The molecule has 1 N–H and O–H groups in total. The van der Waals surface area contributed by atoms with Gasteiger partial charge in [0.05, 0.1) is 19.1 Å². The van der Waals surface area contributed by atoms with Crippen LogP contribution in [-0.2, 0) is 22.7 Å². The number of nitrogens with one attached hydrogen (secondary N) is 1. The molecule has 2 aromatic rings. The lowest BCUT2D eigenvalue weighted by atomic mass is 9.96. The highest BCUT2D eigenvalue weighted by Crippen LogP contribution is 2.24. The van der Waals surface area contributed by atoms with Gasteiger partial charge in [0.2, 0.25) is 5.91 Å². The second-order valence-corrected chi connectivity index (χ2v) is 7.22. The Morgan fingerprint density at radius 3 is 2.93 bits per heavy atom. The molecule has 27 heavy (non-hydrogen) atoms. The summed E-state index contributed by atoms with van der Waals surface area (Å²) in [6.45, 7) is 4.20. The van der Waals surface area contributed by atoms with Crippen LogP contribution in [0.25, 0.3) is 0 Å². The Morgan fingerprint density at radius 1 is 1.22 bits per heavy atom. The molecule has 1 atom stereocenters. The predicted molar refractivity (Wildman–Crippen MR) is 101 cm³/mol. The molecular weight excluding hydrogens is 342 g/mol. The third kappa shape index (κ3) is 3.71. The molecule has 2 amide bonds. The summed E-state index contributed by atoms with van der Waals surface area (Å²) < 4.78 is 5.43. The van der Waals surface area contributed by atoms with Gasteiger partial charge in [-0.1, -0.05) is 12.1 Å². The molecule has 6 nitrogen and oxygen atoms in total. The van der Waals surface area contributed by atoms with E-state index in [2.05, 4.69) is 10.3 Å². The molecule has 2 aliphatic rings. The standard InChI is InChI=1S/C21H23N3O3/c1-14-4-2-8-22-19(14)23-20(25)16-5-3-9-24(11-16)21(26)15-6-7-17-12-27-13-18(17)10-15/h2,4,6-8,10,16H,3,5,9,11-13H2,1H3,(H,22,23,25)/t16-/m0/s1. The van der Waals surface area contributed by atoms with Crippen LogP contribution in [0, 0.1) is 12.8 Å². The fourth-order valence-electron chi connectivity index (χ4n) is 3.70. The van der Waals surface area contributed by atoms with E-state index in [9.17, 15) is 9.59 Å². The van der Waals surface area contributed by atoms with Gasteiger partial charge >= 0.3 is 0 Å². The SMILES string of the molecule is Cc1cccnc1NC(=O)[C@H]1CCCN(C(=O)c2ccc3c(c2)COC3)C1. The number of carbonyl (C=O) groups is 2. The van der Waals surface area contributed by atoms with Gasteiger partial charge in [-0.3, -0.25) is 9.59 Å². The van der Waals surface area contributed by atoms with Crippen molar-refractivity contribution in [2.24, 2.45) is 5.92 Å². The van der Waals surface area contributed by atoms with Gasteiger partial charge in [0.25, 0.3) is 5.91 Å². The molecule has 4 rings (SSSR count). The number of piperidine rings is 1. The van der Waals surface area contributed by atoms with E-state index in [0.29, 0.717) is 37.7 Å². The van der Waals surface area contributed by atoms with Crippen molar-refractivity contribution in [3.63, 3.8) is 0 Å². The van der Waals surface area contributed by atoms with E-state index in [1.165, 1.54) is 0 Å². The van der Waals surface area contributed by atoms with Crippen LogP contribution in [0.4, 0.5) is 5.82 Å². The first-order valence-electron chi connectivity index (χ1n) is 9.33. The topological polar surface area (TPSA) is 71.5 Å². The van der Waals surface area contributed by atoms with Gasteiger partial charge in [-0.2, -0.15) is 0 Å². The number of anilines is 1. The van der Waals surface area contributed by atoms with Crippen LogP contribution in [0.3, 0.4) is 0 Å². The summed E-state index contributed by atoms with van der Waals surface area (Å²) in [6.07, 6.45) is 3.26. The quantitative estimate of drug-likeness (QED) is 0.908. The van der Waals surface area contributed by atoms with E-state index in [4.69, 9.17) is 4.74 Å². The number of benzene rings is 1. The van der Waals surface area contributed by atoms with Gasteiger partial charge in [0, 0.05) is 24.8 Å². The number of nitrogens with zero attached hydrogens (tertiary/aromatic N) is 2. The average Bonchev–Trinajstić information content (AvgIpc) is 3.17. The van der Waals surface area contributed by atoms with Crippen molar-refractivity contribution in [1.29, 1.82) is 0 Å². The molecule has 0 saturated carbocycles. The Hall–Kier alpha value is -2.73. The summed E-state index contributed by atoms with van der Waals surface area (Å²) in [7, 11) is 0. The van der Waals surface area contributed by atoms with E-state index in [-0.39, 0.29) is 17.7 Å². The average molecular weight is 365 g/mol. The lowest BCUT2D eigenvalue weighted by Gasteiger charge is -2.32. The summed E-state index contributed by atoms with van der Waals surface area (Å²) in [5.41, 5.74) is 3.82. The molecule has 1 aromatic heterocycles. The highest BCUT2D eigenvalue weighted by atomic mass is 16.5. The van der Waals surface area contributed by atoms with Gasteiger partial charge in [0.1, 0.15) is 5.82 Å². The van der Waals surface area contributed by atoms with Crippen LogP contribution in [0.15, 0.2) is 36.5 Å². The molecule has 0 aliphatic carbocycles. The van der Waals surface area contributed by atoms with E-state index >= 15 is 0 Å². The summed E-state index contributed by atoms with van der Waals surface area (Å²) in [5.74, 6) is 0.277. The predicted octanol–water partition coefficient (Wildman–Crippen LogP) is 2.91. The molecule has 3 heterocycles. The van der Waals surface area contributed by atoms with E-state index in [0.717, 1.165) is 29.5 Å². The minimum absolute atomic E-state index is 0.0174. The van der Waals surface area contributed by atoms with Crippen molar-refractivity contribution in [1.82, 2.24) is 9.88 Å². The number of amides is 2. The van der Waals surface area contributed by atoms with E-state index in [1.807, 2.05) is 37.3 Å². The second kappa shape index (κ2) is 7.48. The van der Waals surface area contributed by atoms with Crippen LogP contribution in [-0.4, -0.2) is 34.8 Å². The zero-order chi connectivity index (χ0) is 18.8. The van der Waals surface area contributed by atoms with Crippen LogP contribution in [0.1, 0.15) is 39.9 Å². The Labute approximate surface area is 158 Å². The number of aromatic nitrogens is 1. The molecule has 0 unspecified atom stereocenters. The fourth-order valence-corrected chi connectivity index (χ4v) is 3.70. The number of rotatable bonds is 3. The van der Waals surface area contributed by atoms with Crippen molar-refractivity contribution >= 4 is 17.6 Å².